The number of pyridine rings is 2. The number of urea groups is 1. The zero-order valence-electron chi connectivity index (χ0n) is 17.8. The molecule has 0 aliphatic carbocycles. The third kappa shape index (κ3) is 5.14. The Morgan fingerprint density at radius 2 is 1.82 bits per heavy atom. The maximum absolute atomic E-state index is 12.8. The number of imidazole rings is 1. The second kappa shape index (κ2) is 9.22. The van der Waals surface area contributed by atoms with Gasteiger partial charge in [0.25, 0.3) is 5.91 Å². The van der Waals surface area contributed by atoms with E-state index in [1.54, 1.807) is 35.7 Å². The smallest absolute Gasteiger partial charge is 0.334 e. The van der Waals surface area contributed by atoms with Gasteiger partial charge in [-0.3, -0.25) is 14.2 Å². The largest absolute Gasteiger partial charge is 0.416 e. The van der Waals surface area contributed by atoms with Crippen LogP contribution in [-0.4, -0.2) is 26.3 Å². The molecule has 0 atom stereocenters. The number of aryl methyl sites for hydroxylation is 1. The van der Waals surface area contributed by atoms with Crippen LogP contribution in [0.2, 0.25) is 0 Å². The van der Waals surface area contributed by atoms with E-state index in [-0.39, 0.29) is 18.1 Å². The number of nitrogens with zero attached hydrogens (tertiary/aromatic N) is 3. The molecule has 8 nitrogen and oxygen atoms in total. The third-order valence-corrected chi connectivity index (χ3v) is 4.94. The second-order valence-corrected chi connectivity index (χ2v) is 7.39. The maximum Gasteiger partial charge on any atom is 0.416 e. The summed E-state index contributed by atoms with van der Waals surface area (Å²) in [4.78, 5) is 33.3. The van der Waals surface area contributed by atoms with Crippen LogP contribution in [-0.2, 0) is 12.7 Å². The van der Waals surface area contributed by atoms with Crippen molar-refractivity contribution in [2.75, 3.05) is 10.6 Å². The lowest BCUT2D eigenvalue weighted by Gasteiger charge is -2.12. The van der Waals surface area contributed by atoms with E-state index >= 15 is 0 Å². The van der Waals surface area contributed by atoms with Gasteiger partial charge in [0.2, 0.25) is 0 Å². The lowest BCUT2D eigenvalue weighted by atomic mass is 10.2. The van der Waals surface area contributed by atoms with Crippen molar-refractivity contribution in [3.63, 3.8) is 0 Å². The van der Waals surface area contributed by atoms with Gasteiger partial charge in [0.1, 0.15) is 11.3 Å². The molecule has 4 rings (SSSR count). The molecule has 0 unspecified atom stereocenters. The number of hydrogen-bond donors (Lipinski definition) is 3. The predicted molar refractivity (Wildman–Crippen MR) is 119 cm³/mol. The normalized spacial score (nSPS) is 11.3. The minimum absolute atomic E-state index is 0.00958. The van der Waals surface area contributed by atoms with Crippen molar-refractivity contribution in [2.45, 2.75) is 19.6 Å². The fraction of sp³-hybridized carbons (Fsp3) is 0.130. The second-order valence-electron chi connectivity index (χ2n) is 7.39. The molecule has 0 fully saturated rings. The summed E-state index contributed by atoms with van der Waals surface area (Å²) in [5, 5.41) is 7.72. The molecular formula is C23H19F3N6O2. The average Bonchev–Trinajstić information content (AvgIpc) is 3.23. The first kappa shape index (κ1) is 22.8. The number of fused-ring (bicyclic) bond motifs is 1. The number of amides is 3. The van der Waals surface area contributed by atoms with E-state index < -0.39 is 17.8 Å². The van der Waals surface area contributed by atoms with Crippen LogP contribution in [0.15, 0.2) is 67.1 Å². The van der Waals surface area contributed by atoms with Gasteiger partial charge in [-0.05, 0) is 48.9 Å². The molecule has 0 saturated carbocycles. The van der Waals surface area contributed by atoms with Crippen molar-refractivity contribution in [3.05, 3.63) is 89.6 Å². The Labute approximate surface area is 191 Å². The highest BCUT2D eigenvalue weighted by Crippen LogP contribution is 2.30. The molecule has 0 saturated heterocycles. The Morgan fingerprint density at radius 3 is 2.62 bits per heavy atom. The van der Waals surface area contributed by atoms with Gasteiger partial charge < -0.3 is 16.0 Å². The van der Waals surface area contributed by atoms with E-state index in [0.29, 0.717) is 28.3 Å². The molecule has 3 amide bonds. The van der Waals surface area contributed by atoms with Gasteiger partial charge in [-0.25, -0.2) is 9.78 Å². The number of alkyl halides is 3. The van der Waals surface area contributed by atoms with Crippen LogP contribution in [0.1, 0.15) is 27.3 Å². The number of anilines is 2. The molecule has 0 aliphatic heterocycles. The SMILES string of the molecule is Cc1ncc(CNC(=O)Nc2cccc(C(F)(F)F)c2)cc1NC(=O)c1cnc2ccccn12. The summed E-state index contributed by atoms with van der Waals surface area (Å²) in [6.07, 6.45) is 0.220. The first-order valence-corrected chi connectivity index (χ1v) is 10.1. The number of nitrogens with one attached hydrogen (secondary N) is 3. The molecular weight excluding hydrogens is 449 g/mol. The first-order valence-electron chi connectivity index (χ1n) is 10.1. The van der Waals surface area contributed by atoms with Crippen molar-refractivity contribution in [2.24, 2.45) is 0 Å². The summed E-state index contributed by atoms with van der Waals surface area (Å²) < 4.78 is 40.2. The van der Waals surface area contributed by atoms with Gasteiger partial charge in [0.15, 0.2) is 0 Å². The molecule has 1 aromatic carbocycles. The van der Waals surface area contributed by atoms with Crippen LogP contribution >= 0.6 is 0 Å². The van der Waals surface area contributed by atoms with Crippen LogP contribution in [0.3, 0.4) is 0 Å². The number of hydrogen-bond acceptors (Lipinski definition) is 4. The fourth-order valence-corrected chi connectivity index (χ4v) is 3.22. The molecule has 0 radical (unpaired) electrons. The van der Waals surface area contributed by atoms with E-state index in [1.165, 1.54) is 24.5 Å². The zero-order chi connectivity index (χ0) is 24.3. The summed E-state index contributed by atoms with van der Waals surface area (Å²) in [6, 6.07) is 10.7. The van der Waals surface area contributed by atoms with Gasteiger partial charge >= 0.3 is 12.2 Å². The minimum Gasteiger partial charge on any atom is -0.334 e. The number of rotatable bonds is 5. The first-order chi connectivity index (χ1) is 16.2. The van der Waals surface area contributed by atoms with Gasteiger partial charge in [0.05, 0.1) is 23.1 Å². The highest BCUT2D eigenvalue weighted by Gasteiger charge is 2.30. The minimum atomic E-state index is -4.51. The molecule has 34 heavy (non-hydrogen) atoms. The average molecular weight is 468 g/mol. The summed E-state index contributed by atoms with van der Waals surface area (Å²) >= 11 is 0. The van der Waals surface area contributed by atoms with Crippen molar-refractivity contribution in [1.82, 2.24) is 19.7 Å². The molecule has 0 aliphatic rings. The van der Waals surface area contributed by atoms with Crippen molar-refractivity contribution in [3.8, 4) is 0 Å². The summed E-state index contributed by atoms with van der Waals surface area (Å²) in [7, 11) is 0. The Balaban J connectivity index is 1.40. The topological polar surface area (TPSA) is 100 Å². The molecule has 0 spiro atoms. The van der Waals surface area contributed by atoms with E-state index in [9.17, 15) is 22.8 Å². The summed E-state index contributed by atoms with van der Waals surface area (Å²) in [5.41, 5.74) is 1.73. The number of benzene rings is 1. The van der Waals surface area contributed by atoms with Crippen molar-refractivity contribution >= 4 is 29.0 Å². The molecule has 11 heteroatoms. The summed E-state index contributed by atoms with van der Waals surface area (Å²) in [6.45, 7) is 1.76. The highest BCUT2D eigenvalue weighted by molar-refractivity contribution is 6.03. The van der Waals surface area contributed by atoms with Crippen LogP contribution in [0.5, 0.6) is 0 Å². The van der Waals surface area contributed by atoms with Crippen LogP contribution in [0.4, 0.5) is 29.3 Å². The quantitative estimate of drug-likeness (QED) is 0.398. The molecule has 3 heterocycles. The van der Waals surface area contributed by atoms with Crippen LogP contribution in [0, 0.1) is 6.92 Å². The lowest BCUT2D eigenvalue weighted by molar-refractivity contribution is -0.137. The highest BCUT2D eigenvalue weighted by atomic mass is 19.4. The van der Waals surface area contributed by atoms with Crippen LogP contribution in [0.25, 0.3) is 5.65 Å². The van der Waals surface area contributed by atoms with Gasteiger partial charge in [-0.2, -0.15) is 13.2 Å². The Hall–Kier alpha value is -4.41. The Kier molecular flexibility index (Phi) is 6.17. The van der Waals surface area contributed by atoms with Gasteiger partial charge in [-0.1, -0.05) is 12.1 Å². The summed E-state index contributed by atoms with van der Waals surface area (Å²) in [5.74, 6) is -0.379. The van der Waals surface area contributed by atoms with Crippen molar-refractivity contribution < 1.29 is 22.8 Å². The standard InChI is InChI=1S/C23H19F3N6O2/c1-14-18(31-21(33)19-13-28-20-7-2-3-8-32(19)20)9-15(11-27-14)12-29-22(34)30-17-6-4-5-16(10-17)23(24,25)26/h2-11,13H,12H2,1H3,(H,31,33)(H2,29,30,34). The van der Waals surface area contributed by atoms with E-state index in [1.807, 2.05) is 6.07 Å². The third-order valence-electron chi connectivity index (χ3n) is 4.94. The number of aromatic nitrogens is 3. The Morgan fingerprint density at radius 1 is 1.00 bits per heavy atom. The number of carbonyl (C=O) groups excluding carboxylic acids is 2. The zero-order valence-corrected chi connectivity index (χ0v) is 17.8. The molecule has 3 N–H and O–H groups in total. The lowest BCUT2D eigenvalue weighted by Crippen LogP contribution is -2.28. The van der Waals surface area contributed by atoms with E-state index in [2.05, 4.69) is 25.9 Å². The van der Waals surface area contributed by atoms with Crippen molar-refractivity contribution in [1.29, 1.82) is 0 Å². The number of carbonyl (C=O) groups is 2. The molecule has 3 aromatic heterocycles. The monoisotopic (exact) mass is 468 g/mol. The molecule has 0 bridgehead atoms. The van der Waals surface area contributed by atoms with E-state index in [4.69, 9.17) is 0 Å². The van der Waals surface area contributed by atoms with E-state index in [0.717, 1.165) is 12.1 Å². The van der Waals surface area contributed by atoms with Gasteiger partial charge in [0, 0.05) is 24.6 Å². The maximum atomic E-state index is 12.8. The number of halogens is 3. The fourth-order valence-electron chi connectivity index (χ4n) is 3.22. The van der Waals surface area contributed by atoms with Crippen LogP contribution < -0.4 is 16.0 Å². The predicted octanol–water partition coefficient (Wildman–Crippen LogP) is 4.63. The molecule has 174 valence electrons. The van der Waals surface area contributed by atoms with Gasteiger partial charge in [-0.15, -0.1) is 0 Å². The Bertz CT molecular complexity index is 1370. The molecule has 4 aromatic rings.